The SMILES string of the molecule is C[C@@H]1CCC/C=C/C=C/CCCC/C=C\C=C\CC/C=C/C=C\C(=O)O1. The Labute approximate surface area is 159 Å². The lowest BCUT2D eigenvalue weighted by molar-refractivity contribution is -0.142. The highest BCUT2D eigenvalue weighted by molar-refractivity contribution is 5.82. The molecule has 0 aromatic carbocycles. The molecule has 0 saturated heterocycles. The molecule has 0 aromatic heterocycles. The zero-order valence-corrected chi connectivity index (χ0v) is 16.2. The Morgan fingerprint density at radius 3 is 1.73 bits per heavy atom. The largest absolute Gasteiger partial charge is 0.460 e. The summed E-state index contributed by atoms with van der Waals surface area (Å²) in [5.74, 6) is -0.264. The number of carbonyl (C=O) groups is 1. The Bertz CT molecular complexity index is 532. The molecule has 1 rings (SSSR count). The Balaban J connectivity index is 2.45. The van der Waals surface area contributed by atoms with E-state index in [1.54, 1.807) is 6.08 Å². The van der Waals surface area contributed by atoms with Gasteiger partial charge in [-0.15, -0.1) is 0 Å². The Hall–Kier alpha value is -2.09. The molecule has 2 nitrogen and oxygen atoms in total. The van der Waals surface area contributed by atoms with Crippen LogP contribution in [0.25, 0.3) is 0 Å². The molecular weight excluding hydrogens is 320 g/mol. The maximum absolute atomic E-state index is 11.7. The molecular formula is C24H34O2. The van der Waals surface area contributed by atoms with Crippen molar-refractivity contribution >= 4 is 5.97 Å². The highest BCUT2D eigenvalue weighted by atomic mass is 16.5. The van der Waals surface area contributed by atoms with E-state index in [2.05, 4.69) is 54.7 Å². The number of ether oxygens (including phenoxy) is 1. The van der Waals surface area contributed by atoms with Gasteiger partial charge in [0.25, 0.3) is 0 Å². The molecule has 0 unspecified atom stereocenters. The molecule has 1 aliphatic heterocycles. The van der Waals surface area contributed by atoms with Gasteiger partial charge >= 0.3 is 5.97 Å². The Morgan fingerprint density at radius 2 is 1.15 bits per heavy atom. The molecule has 1 atom stereocenters. The molecule has 0 fully saturated rings. The molecule has 0 aromatic rings. The number of rotatable bonds is 0. The van der Waals surface area contributed by atoms with Crippen LogP contribution < -0.4 is 0 Å². The molecule has 0 bridgehead atoms. The summed E-state index contributed by atoms with van der Waals surface area (Å²) in [6.07, 6.45) is 34.2. The molecule has 2 heteroatoms. The van der Waals surface area contributed by atoms with Crippen molar-refractivity contribution in [1.29, 1.82) is 0 Å². The fourth-order valence-corrected chi connectivity index (χ4v) is 2.54. The van der Waals surface area contributed by atoms with Gasteiger partial charge in [0, 0.05) is 6.08 Å². The third kappa shape index (κ3) is 14.3. The van der Waals surface area contributed by atoms with E-state index in [-0.39, 0.29) is 12.1 Å². The number of hydrogen-bond acceptors (Lipinski definition) is 2. The summed E-state index contributed by atoms with van der Waals surface area (Å²) < 4.78 is 5.37. The van der Waals surface area contributed by atoms with Gasteiger partial charge in [0.1, 0.15) is 0 Å². The second kappa shape index (κ2) is 16.4. The molecule has 0 N–H and O–H groups in total. The van der Waals surface area contributed by atoms with E-state index in [4.69, 9.17) is 4.74 Å². The monoisotopic (exact) mass is 354 g/mol. The number of allylic oxidation sites excluding steroid dienone is 11. The van der Waals surface area contributed by atoms with E-state index in [0.717, 1.165) is 44.9 Å². The summed E-state index contributed by atoms with van der Waals surface area (Å²) in [7, 11) is 0. The van der Waals surface area contributed by atoms with Crippen LogP contribution in [0.5, 0.6) is 0 Å². The average Bonchev–Trinajstić information content (AvgIpc) is 2.62. The number of carbonyl (C=O) groups excluding carboxylic acids is 1. The first-order chi connectivity index (χ1) is 12.8. The van der Waals surface area contributed by atoms with Crippen LogP contribution in [0.15, 0.2) is 72.9 Å². The van der Waals surface area contributed by atoms with Crippen LogP contribution in [-0.2, 0) is 9.53 Å². The molecule has 0 radical (unpaired) electrons. The van der Waals surface area contributed by atoms with Crippen molar-refractivity contribution < 1.29 is 9.53 Å². The predicted molar refractivity (Wildman–Crippen MR) is 112 cm³/mol. The van der Waals surface area contributed by atoms with Crippen molar-refractivity contribution in [1.82, 2.24) is 0 Å². The maximum atomic E-state index is 11.7. The van der Waals surface area contributed by atoms with Crippen molar-refractivity contribution in [3.63, 3.8) is 0 Å². The fraction of sp³-hybridized carbons (Fsp3) is 0.458. The first kappa shape index (κ1) is 22.0. The zero-order chi connectivity index (χ0) is 18.7. The van der Waals surface area contributed by atoms with E-state index in [0.29, 0.717) is 0 Å². The third-order valence-electron chi connectivity index (χ3n) is 4.04. The average molecular weight is 355 g/mol. The van der Waals surface area contributed by atoms with Gasteiger partial charge in [-0.05, 0) is 64.7 Å². The normalized spacial score (nSPS) is 29.4. The molecule has 1 heterocycles. The lowest BCUT2D eigenvalue weighted by atomic mass is 10.1. The van der Waals surface area contributed by atoms with Gasteiger partial charge in [0.15, 0.2) is 0 Å². The van der Waals surface area contributed by atoms with Gasteiger partial charge in [0.05, 0.1) is 6.10 Å². The predicted octanol–water partition coefficient (Wildman–Crippen LogP) is 6.78. The first-order valence-electron chi connectivity index (χ1n) is 9.96. The zero-order valence-electron chi connectivity index (χ0n) is 16.2. The van der Waals surface area contributed by atoms with Crippen LogP contribution in [-0.4, -0.2) is 12.1 Å². The molecule has 0 amide bonds. The molecule has 0 aliphatic carbocycles. The van der Waals surface area contributed by atoms with Gasteiger partial charge in [0.2, 0.25) is 0 Å². The van der Waals surface area contributed by atoms with Crippen LogP contribution >= 0.6 is 0 Å². The number of cyclic esters (lactones) is 1. The summed E-state index contributed by atoms with van der Waals surface area (Å²) in [5, 5.41) is 0. The van der Waals surface area contributed by atoms with E-state index in [9.17, 15) is 4.79 Å². The second-order valence-corrected chi connectivity index (χ2v) is 6.54. The van der Waals surface area contributed by atoms with Crippen LogP contribution in [0.3, 0.4) is 0 Å². The molecule has 142 valence electrons. The Kier molecular flexibility index (Phi) is 13.8. The summed E-state index contributed by atoms with van der Waals surface area (Å²) in [6, 6.07) is 0. The summed E-state index contributed by atoms with van der Waals surface area (Å²) in [6.45, 7) is 1.95. The third-order valence-corrected chi connectivity index (χ3v) is 4.04. The van der Waals surface area contributed by atoms with Crippen LogP contribution in [0.1, 0.15) is 64.7 Å². The van der Waals surface area contributed by atoms with Gasteiger partial charge < -0.3 is 4.74 Å². The smallest absolute Gasteiger partial charge is 0.331 e. The van der Waals surface area contributed by atoms with Gasteiger partial charge in [-0.1, -0.05) is 66.8 Å². The highest BCUT2D eigenvalue weighted by Gasteiger charge is 2.05. The molecule has 0 spiro atoms. The van der Waals surface area contributed by atoms with Gasteiger partial charge in [-0.25, -0.2) is 4.79 Å². The number of hydrogen-bond donors (Lipinski definition) is 0. The van der Waals surface area contributed by atoms with Crippen molar-refractivity contribution in [2.75, 3.05) is 0 Å². The highest BCUT2D eigenvalue weighted by Crippen LogP contribution is 2.07. The topological polar surface area (TPSA) is 26.3 Å². The minimum atomic E-state index is -0.264. The quantitative estimate of drug-likeness (QED) is 0.448. The Morgan fingerprint density at radius 1 is 0.692 bits per heavy atom. The van der Waals surface area contributed by atoms with E-state index in [1.807, 2.05) is 13.0 Å². The van der Waals surface area contributed by atoms with E-state index in [1.165, 1.54) is 18.9 Å². The lowest BCUT2D eigenvalue weighted by Gasteiger charge is -2.10. The molecule has 1 aliphatic rings. The first-order valence-corrected chi connectivity index (χ1v) is 9.96. The second-order valence-electron chi connectivity index (χ2n) is 6.54. The fourth-order valence-electron chi connectivity index (χ4n) is 2.54. The minimum Gasteiger partial charge on any atom is -0.460 e. The summed E-state index contributed by atoms with van der Waals surface area (Å²) in [5.41, 5.74) is 0. The van der Waals surface area contributed by atoms with Crippen molar-refractivity contribution in [3.8, 4) is 0 Å². The van der Waals surface area contributed by atoms with E-state index >= 15 is 0 Å². The van der Waals surface area contributed by atoms with Gasteiger partial charge in [-0.3, -0.25) is 0 Å². The van der Waals surface area contributed by atoms with Crippen LogP contribution in [0.2, 0.25) is 0 Å². The maximum Gasteiger partial charge on any atom is 0.331 e. The van der Waals surface area contributed by atoms with Crippen LogP contribution in [0.4, 0.5) is 0 Å². The van der Waals surface area contributed by atoms with Crippen LogP contribution in [0, 0.1) is 0 Å². The van der Waals surface area contributed by atoms with Gasteiger partial charge in [-0.2, -0.15) is 0 Å². The lowest BCUT2D eigenvalue weighted by Crippen LogP contribution is -2.12. The summed E-state index contributed by atoms with van der Waals surface area (Å²) >= 11 is 0. The van der Waals surface area contributed by atoms with Crippen molar-refractivity contribution in [2.45, 2.75) is 70.8 Å². The van der Waals surface area contributed by atoms with Crippen molar-refractivity contribution in [2.24, 2.45) is 0 Å². The number of esters is 1. The molecule has 26 heavy (non-hydrogen) atoms. The standard InChI is InChI=1S/C24H34O2/c1-23-21-19-17-15-13-11-9-7-5-3-2-4-6-8-10-12-14-16-18-20-22-24(25)26-23/h4,6,8-11,13,15-16,18,20,22-23H,2-3,5,7,12,14,17,19,21H2,1H3/b6-4-,10-8+,11-9+,15-13+,18-16+,22-20-/t23-/m1/s1. The van der Waals surface area contributed by atoms with Crippen molar-refractivity contribution in [3.05, 3.63) is 72.9 Å². The minimum absolute atomic E-state index is 0.0381. The summed E-state index contributed by atoms with van der Waals surface area (Å²) in [4.78, 5) is 11.7. The molecule has 0 saturated carbocycles. The van der Waals surface area contributed by atoms with E-state index < -0.39 is 0 Å².